The fraction of sp³-hybridized carbons (Fsp3) is 0.500. The van der Waals surface area contributed by atoms with Crippen molar-refractivity contribution < 1.29 is 4.39 Å². The summed E-state index contributed by atoms with van der Waals surface area (Å²) in [6.45, 7) is 8.71. The van der Waals surface area contributed by atoms with E-state index in [2.05, 4.69) is 33.7 Å². The molecule has 0 spiro atoms. The van der Waals surface area contributed by atoms with Crippen molar-refractivity contribution in [2.45, 2.75) is 26.7 Å². The molecule has 1 fully saturated rings. The molecule has 5 nitrogen and oxygen atoms in total. The van der Waals surface area contributed by atoms with Crippen molar-refractivity contribution in [3.8, 4) is 0 Å². The molecule has 0 atom stereocenters. The smallest absolute Gasteiger partial charge is 0.227 e. The van der Waals surface area contributed by atoms with E-state index in [-0.39, 0.29) is 5.82 Å². The molecule has 6 heteroatoms. The molecule has 1 aromatic carbocycles. The number of halogens is 1. The predicted octanol–water partition coefficient (Wildman–Crippen LogP) is 3.49. The molecule has 0 amide bonds. The van der Waals surface area contributed by atoms with Gasteiger partial charge >= 0.3 is 0 Å². The van der Waals surface area contributed by atoms with E-state index in [1.165, 1.54) is 18.6 Å². The molecule has 2 heterocycles. The summed E-state index contributed by atoms with van der Waals surface area (Å²) < 4.78 is 13.1. The summed E-state index contributed by atoms with van der Waals surface area (Å²) in [4.78, 5) is 16.2. The highest BCUT2D eigenvalue weighted by Gasteiger charge is 2.20. The van der Waals surface area contributed by atoms with Gasteiger partial charge in [-0.3, -0.25) is 0 Å². The molecule has 0 N–H and O–H groups in total. The summed E-state index contributed by atoms with van der Waals surface area (Å²) >= 11 is 0. The normalized spacial score (nSPS) is 14.6. The van der Waals surface area contributed by atoms with Crippen LogP contribution < -0.4 is 14.7 Å². The van der Waals surface area contributed by atoms with E-state index in [0.29, 0.717) is 0 Å². The minimum absolute atomic E-state index is 0.194. The van der Waals surface area contributed by atoms with Gasteiger partial charge in [-0.1, -0.05) is 13.3 Å². The maximum atomic E-state index is 13.1. The summed E-state index contributed by atoms with van der Waals surface area (Å²) in [5.41, 5.74) is 2.06. The Bertz CT molecular complexity index is 711. The Morgan fingerprint density at radius 2 is 1.69 bits per heavy atom. The Morgan fingerprint density at radius 1 is 1.04 bits per heavy atom. The maximum absolute atomic E-state index is 13.1. The zero-order valence-corrected chi connectivity index (χ0v) is 16.0. The Hall–Kier alpha value is -2.37. The van der Waals surface area contributed by atoms with Gasteiger partial charge in [0.1, 0.15) is 11.6 Å². The minimum Gasteiger partial charge on any atom is -0.368 e. The van der Waals surface area contributed by atoms with Gasteiger partial charge in [-0.25, -0.2) is 9.37 Å². The topological polar surface area (TPSA) is 35.5 Å². The number of anilines is 3. The molecule has 2 aromatic rings. The van der Waals surface area contributed by atoms with Crippen LogP contribution in [0.5, 0.6) is 0 Å². The Kier molecular flexibility index (Phi) is 5.91. The van der Waals surface area contributed by atoms with Crippen LogP contribution in [0.3, 0.4) is 0 Å². The molecule has 1 saturated heterocycles. The second-order valence-corrected chi connectivity index (χ2v) is 6.89. The lowest BCUT2D eigenvalue weighted by Gasteiger charge is -2.36. The monoisotopic (exact) mass is 357 g/mol. The van der Waals surface area contributed by atoms with Crippen molar-refractivity contribution in [2.75, 3.05) is 54.5 Å². The van der Waals surface area contributed by atoms with Gasteiger partial charge in [0.05, 0.1) is 0 Å². The lowest BCUT2D eigenvalue weighted by Crippen LogP contribution is -2.47. The van der Waals surface area contributed by atoms with E-state index in [4.69, 9.17) is 4.98 Å². The van der Waals surface area contributed by atoms with Crippen molar-refractivity contribution in [1.29, 1.82) is 0 Å². The van der Waals surface area contributed by atoms with Crippen LogP contribution in [-0.2, 0) is 0 Å². The van der Waals surface area contributed by atoms with Gasteiger partial charge in [0.25, 0.3) is 0 Å². The lowest BCUT2D eigenvalue weighted by molar-refractivity contribution is 0.622. The Balaban J connectivity index is 1.67. The van der Waals surface area contributed by atoms with Crippen molar-refractivity contribution in [1.82, 2.24) is 9.97 Å². The average molecular weight is 357 g/mol. The van der Waals surface area contributed by atoms with Crippen molar-refractivity contribution in [3.63, 3.8) is 0 Å². The summed E-state index contributed by atoms with van der Waals surface area (Å²) in [6.07, 6.45) is 2.33. The van der Waals surface area contributed by atoms with Crippen LogP contribution in [0.4, 0.5) is 21.8 Å². The molecular formula is C20H28FN5. The number of rotatable bonds is 6. The molecule has 26 heavy (non-hydrogen) atoms. The van der Waals surface area contributed by atoms with Crippen molar-refractivity contribution in [3.05, 3.63) is 41.8 Å². The molecule has 0 unspecified atom stereocenters. The SMILES string of the molecule is CCCCN(C)c1cc(C)nc(N2CCN(c3ccc(F)cc3)CC2)n1. The number of piperazine rings is 1. The quantitative estimate of drug-likeness (QED) is 0.791. The molecular weight excluding hydrogens is 329 g/mol. The number of aromatic nitrogens is 2. The van der Waals surface area contributed by atoms with Gasteiger partial charge in [0.2, 0.25) is 5.95 Å². The van der Waals surface area contributed by atoms with E-state index in [1.807, 2.05) is 25.1 Å². The van der Waals surface area contributed by atoms with Crippen LogP contribution in [0.2, 0.25) is 0 Å². The van der Waals surface area contributed by atoms with Crippen molar-refractivity contribution >= 4 is 17.5 Å². The fourth-order valence-corrected chi connectivity index (χ4v) is 3.20. The first kappa shape index (κ1) is 18.4. The number of aryl methyl sites for hydroxylation is 1. The van der Waals surface area contributed by atoms with E-state index in [9.17, 15) is 4.39 Å². The third kappa shape index (κ3) is 4.42. The first-order chi connectivity index (χ1) is 12.6. The first-order valence-electron chi connectivity index (χ1n) is 9.39. The van der Waals surface area contributed by atoms with E-state index in [1.54, 1.807) is 0 Å². The van der Waals surface area contributed by atoms with Gasteiger partial charge in [-0.2, -0.15) is 4.98 Å². The zero-order chi connectivity index (χ0) is 18.5. The number of nitrogens with zero attached hydrogens (tertiary/aromatic N) is 5. The van der Waals surface area contributed by atoms with E-state index >= 15 is 0 Å². The van der Waals surface area contributed by atoms with E-state index in [0.717, 1.165) is 62.3 Å². The average Bonchev–Trinajstić information content (AvgIpc) is 2.66. The van der Waals surface area contributed by atoms with Crippen LogP contribution in [0, 0.1) is 12.7 Å². The molecule has 3 rings (SSSR count). The maximum Gasteiger partial charge on any atom is 0.227 e. The number of benzene rings is 1. The first-order valence-corrected chi connectivity index (χ1v) is 9.39. The third-order valence-corrected chi connectivity index (χ3v) is 4.82. The number of hydrogen-bond acceptors (Lipinski definition) is 5. The summed E-state index contributed by atoms with van der Waals surface area (Å²) in [5.74, 6) is 1.60. The molecule has 0 bridgehead atoms. The van der Waals surface area contributed by atoms with Gasteiger partial charge in [0, 0.05) is 57.2 Å². The highest BCUT2D eigenvalue weighted by Crippen LogP contribution is 2.21. The van der Waals surface area contributed by atoms with Gasteiger partial charge < -0.3 is 14.7 Å². The fourth-order valence-electron chi connectivity index (χ4n) is 3.20. The minimum atomic E-state index is -0.194. The lowest BCUT2D eigenvalue weighted by atomic mass is 10.2. The Labute approximate surface area is 155 Å². The summed E-state index contributed by atoms with van der Waals surface area (Å²) in [6, 6.07) is 8.77. The van der Waals surface area contributed by atoms with Crippen LogP contribution in [-0.4, -0.2) is 49.7 Å². The Morgan fingerprint density at radius 3 is 2.35 bits per heavy atom. The third-order valence-electron chi connectivity index (χ3n) is 4.82. The molecule has 0 saturated carbocycles. The van der Waals surface area contributed by atoms with Crippen LogP contribution in [0.15, 0.2) is 30.3 Å². The predicted molar refractivity (Wildman–Crippen MR) is 106 cm³/mol. The highest BCUT2D eigenvalue weighted by molar-refractivity contribution is 5.50. The molecule has 1 aliphatic rings. The second kappa shape index (κ2) is 8.34. The van der Waals surface area contributed by atoms with Gasteiger partial charge in [0.15, 0.2) is 0 Å². The molecule has 1 aromatic heterocycles. The largest absolute Gasteiger partial charge is 0.368 e. The van der Waals surface area contributed by atoms with Crippen LogP contribution in [0.25, 0.3) is 0 Å². The molecule has 140 valence electrons. The highest BCUT2D eigenvalue weighted by atomic mass is 19.1. The zero-order valence-electron chi connectivity index (χ0n) is 16.0. The number of hydrogen-bond donors (Lipinski definition) is 0. The van der Waals surface area contributed by atoms with Gasteiger partial charge in [-0.15, -0.1) is 0 Å². The molecule has 0 aliphatic carbocycles. The van der Waals surface area contributed by atoms with Crippen LogP contribution >= 0.6 is 0 Å². The molecule has 0 radical (unpaired) electrons. The molecule has 1 aliphatic heterocycles. The standard InChI is InChI=1S/C20H28FN5/c1-4-5-10-24(3)19-15-16(2)22-20(23-19)26-13-11-25(12-14-26)18-8-6-17(21)7-9-18/h6-9,15H,4-5,10-14H2,1-3H3. The van der Waals surface area contributed by atoms with E-state index < -0.39 is 0 Å². The second-order valence-electron chi connectivity index (χ2n) is 6.89. The summed E-state index contributed by atoms with van der Waals surface area (Å²) in [7, 11) is 2.09. The van der Waals surface area contributed by atoms with Crippen molar-refractivity contribution in [2.24, 2.45) is 0 Å². The van der Waals surface area contributed by atoms with Crippen LogP contribution in [0.1, 0.15) is 25.5 Å². The van der Waals surface area contributed by atoms with Gasteiger partial charge in [-0.05, 0) is 37.6 Å². The number of unbranched alkanes of at least 4 members (excludes halogenated alkanes) is 1. The summed E-state index contributed by atoms with van der Waals surface area (Å²) in [5, 5.41) is 0.